The van der Waals surface area contributed by atoms with Gasteiger partial charge in [-0.25, -0.2) is 4.98 Å². The Morgan fingerprint density at radius 1 is 0.974 bits per heavy atom. The molecule has 38 heavy (non-hydrogen) atoms. The Balaban J connectivity index is 1.36. The van der Waals surface area contributed by atoms with Gasteiger partial charge in [0, 0.05) is 41.5 Å². The number of hydrogen-bond acceptors (Lipinski definition) is 6. The van der Waals surface area contributed by atoms with Gasteiger partial charge in [-0.2, -0.15) is 0 Å². The average molecular weight is 511 g/mol. The van der Waals surface area contributed by atoms with Crippen LogP contribution < -0.4 is 16.4 Å². The Kier molecular flexibility index (Phi) is 8.41. The van der Waals surface area contributed by atoms with E-state index in [0.29, 0.717) is 35.5 Å². The van der Waals surface area contributed by atoms with Gasteiger partial charge >= 0.3 is 0 Å². The van der Waals surface area contributed by atoms with Crippen LogP contribution in [0.5, 0.6) is 5.75 Å². The zero-order valence-electron chi connectivity index (χ0n) is 21.7. The molecule has 0 spiro atoms. The van der Waals surface area contributed by atoms with Crippen LogP contribution in [-0.2, 0) is 13.0 Å². The second-order valence-electron chi connectivity index (χ2n) is 10.1. The van der Waals surface area contributed by atoms with Gasteiger partial charge in [0.25, 0.3) is 5.91 Å². The molecular formula is C31H34N4O3. The highest BCUT2D eigenvalue weighted by atomic mass is 16.3. The first-order valence-electron chi connectivity index (χ1n) is 12.6. The second-order valence-corrected chi connectivity index (χ2v) is 10.1. The third-order valence-corrected chi connectivity index (χ3v) is 6.43. The van der Waals surface area contributed by atoms with Crippen LogP contribution in [0.3, 0.4) is 0 Å². The number of rotatable bonds is 10. The fraction of sp³-hybridized carbons (Fsp3) is 0.226. The quantitative estimate of drug-likeness (QED) is 0.212. The summed E-state index contributed by atoms with van der Waals surface area (Å²) >= 11 is 0. The molecule has 0 radical (unpaired) electrons. The molecule has 0 unspecified atom stereocenters. The van der Waals surface area contributed by atoms with E-state index in [9.17, 15) is 15.0 Å². The van der Waals surface area contributed by atoms with E-state index in [2.05, 4.69) is 29.5 Å². The van der Waals surface area contributed by atoms with Crippen molar-refractivity contribution in [3.8, 4) is 16.9 Å². The molecule has 1 heterocycles. The van der Waals surface area contributed by atoms with E-state index in [4.69, 9.17) is 5.73 Å². The highest BCUT2D eigenvalue weighted by Crippen LogP contribution is 2.26. The molecule has 0 saturated heterocycles. The molecule has 1 amide bonds. The molecule has 0 aliphatic carbocycles. The fourth-order valence-electron chi connectivity index (χ4n) is 4.31. The molecule has 6 N–H and O–H groups in total. The summed E-state index contributed by atoms with van der Waals surface area (Å²) in [5.41, 5.74) is 10.2. The number of nitrogen functional groups attached to an aromatic ring is 1. The van der Waals surface area contributed by atoms with Crippen LogP contribution >= 0.6 is 0 Å². The van der Waals surface area contributed by atoms with E-state index in [1.54, 1.807) is 30.5 Å². The molecule has 0 bridgehead atoms. The van der Waals surface area contributed by atoms with Crippen molar-refractivity contribution in [1.82, 2.24) is 15.6 Å². The average Bonchev–Trinajstić information content (AvgIpc) is 2.92. The van der Waals surface area contributed by atoms with E-state index in [1.807, 2.05) is 60.7 Å². The number of pyridine rings is 1. The lowest BCUT2D eigenvalue weighted by Crippen LogP contribution is -2.43. The Morgan fingerprint density at radius 2 is 1.76 bits per heavy atom. The molecule has 4 rings (SSSR count). The Hall–Kier alpha value is -4.20. The van der Waals surface area contributed by atoms with E-state index in [0.717, 1.165) is 16.7 Å². The number of phenols is 1. The lowest BCUT2D eigenvalue weighted by atomic mass is 9.93. The molecule has 1 atom stereocenters. The van der Waals surface area contributed by atoms with Crippen molar-refractivity contribution in [1.29, 1.82) is 0 Å². The van der Waals surface area contributed by atoms with Crippen LogP contribution in [0.25, 0.3) is 11.1 Å². The van der Waals surface area contributed by atoms with Gasteiger partial charge in [-0.1, -0.05) is 54.6 Å². The van der Waals surface area contributed by atoms with Gasteiger partial charge in [0.2, 0.25) is 0 Å². The molecule has 3 aromatic carbocycles. The molecular weight excluding hydrogens is 476 g/mol. The maximum Gasteiger partial charge on any atom is 0.251 e. The van der Waals surface area contributed by atoms with Gasteiger partial charge in [0.1, 0.15) is 11.6 Å². The third-order valence-electron chi connectivity index (χ3n) is 6.43. The molecule has 0 aliphatic heterocycles. The number of aliphatic hydroxyl groups excluding tert-OH is 1. The molecule has 7 heteroatoms. The summed E-state index contributed by atoms with van der Waals surface area (Å²) in [6, 6.07) is 26.2. The van der Waals surface area contributed by atoms with Crippen LogP contribution in [0.1, 0.15) is 47.0 Å². The van der Waals surface area contributed by atoms with Crippen molar-refractivity contribution < 1.29 is 15.0 Å². The number of carbonyl (C=O) groups excluding carboxylic acids is 1. The number of aliphatic hydroxyl groups is 1. The number of aromatic nitrogens is 1. The molecule has 1 aromatic heterocycles. The van der Waals surface area contributed by atoms with E-state index >= 15 is 0 Å². The summed E-state index contributed by atoms with van der Waals surface area (Å²) in [4.78, 5) is 17.0. The van der Waals surface area contributed by atoms with Gasteiger partial charge in [-0.05, 0) is 67.3 Å². The van der Waals surface area contributed by atoms with Gasteiger partial charge in [-0.15, -0.1) is 0 Å². The molecule has 0 fully saturated rings. The summed E-state index contributed by atoms with van der Waals surface area (Å²) < 4.78 is 0. The number of aromatic hydroxyl groups is 1. The largest absolute Gasteiger partial charge is 0.508 e. The predicted octanol–water partition coefficient (Wildman–Crippen LogP) is 4.61. The maximum absolute atomic E-state index is 12.9. The molecule has 4 aromatic rings. The maximum atomic E-state index is 12.9. The first-order chi connectivity index (χ1) is 18.2. The van der Waals surface area contributed by atoms with Gasteiger partial charge < -0.3 is 26.6 Å². The van der Waals surface area contributed by atoms with Gasteiger partial charge in [0.05, 0.1) is 6.10 Å². The van der Waals surface area contributed by atoms with Crippen molar-refractivity contribution in [3.05, 3.63) is 113 Å². The SMILES string of the molecule is CC(C)(Cc1cccc(C(=O)NCc2cc(-c3ccccc3)ccc2O)c1)NC[C@@H](O)c1ccc(N)nc1. The van der Waals surface area contributed by atoms with Gasteiger partial charge in [-0.3, -0.25) is 4.79 Å². The van der Waals surface area contributed by atoms with Crippen molar-refractivity contribution in [2.24, 2.45) is 0 Å². The lowest BCUT2D eigenvalue weighted by Gasteiger charge is -2.28. The Morgan fingerprint density at radius 3 is 2.50 bits per heavy atom. The predicted molar refractivity (Wildman–Crippen MR) is 151 cm³/mol. The Labute approximate surface area is 223 Å². The molecule has 0 saturated carbocycles. The van der Waals surface area contributed by atoms with Crippen molar-refractivity contribution in [3.63, 3.8) is 0 Å². The van der Waals surface area contributed by atoms with Crippen LogP contribution in [-0.4, -0.2) is 33.2 Å². The van der Waals surface area contributed by atoms with Crippen LogP contribution in [0.4, 0.5) is 5.82 Å². The lowest BCUT2D eigenvalue weighted by molar-refractivity contribution is 0.0950. The van der Waals surface area contributed by atoms with E-state index in [1.165, 1.54) is 0 Å². The molecule has 7 nitrogen and oxygen atoms in total. The number of nitrogens with zero attached hydrogens (tertiary/aromatic N) is 1. The first-order valence-corrected chi connectivity index (χ1v) is 12.6. The normalized spacial score (nSPS) is 12.2. The van der Waals surface area contributed by atoms with Gasteiger partial charge in [0.15, 0.2) is 0 Å². The van der Waals surface area contributed by atoms with Crippen LogP contribution in [0, 0.1) is 0 Å². The number of β-amino-alcohol motifs (C(OH)–C–C–N with tert-alkyl or cyclic N) is 1. The summed E-state index contributed by atoms with van der Waals surface area (Å²) in [6.07, 6.45) is 1.52. The van der Waals surface area contributed by atoms with Crippen LogP contribution in [0.2, 0.25) is 0 Å². The zero-order chi connectivity index (χ0) is 27.1. The highest BCUT2D eigenvalue weighted by Gasteiger charge is 2.21. The highest BCUT2D eigenvalue weighted by molar-refractivity contribution is 5.94. The van der Waals surface area contributed by atoms with Crippen molar-refractivity contribution in [2.75, 3.05) is 12.3 Å². The first kappa shape index (κ1) is 26.9. The number of carbonyl (C=O) groups is 1. The minimum absolute atomic E-state index is 0.142. The van der Waals surface area contributed by atoms with E-state index in [-0.39, 0.29) is 23.7 Å². The number of nitrogens with two attached hydrogens (primary N) is 1. The summed E-state index contributed by atoms with van der Waals surface area (Å²) in [5.74, 6) is 0.340. The standard InChI is InChI=1S/C31H34N4O3/c1-31(2,35-20-28(37)25-12-14-29(32)33-18-25)17-21-7-6-10-24(15-21)30(38)34-19-26-16-23(11-13-27(26)36)22-8-4-3-5-9-22/h3-16,18,28,35-37H,17,19-20H2,1-2H3,(H2,32,33)(H,34,38)/t28-/m1/s1. The summed E-state index contributed by atoms with van der Waals surface area (Å²) in [5, 5.41) is 27.2. The molecule has 0 aliphatic rings. The summed E-state index contributed by atoms with van der Waals surface area (Å²) in [6.45, 7) is 4.66. The van der Waals surface area contributed by atoms with Crippen molar-refractivity contribution >= 4 is 11.7 Å². The minimum Gasteiger partial charge on any atom is -0.508 e. The number of phenolic OH excluding ortho intramolecular Hbond substituents is 1. The number of anilines is 1. The van der Waals surface area contributed by atoms with Crippen molar-refractivity contribution in [2.45, 2.75) is 38.5 Å². The monoisotopic (exact) mass is 510 g/mol. The fourth-order valence-corrected chi connectivity index (χ4v) is 4.31. The topological polar surface area (TPSA) is 120 Å². The molecule has 196 valence electrons. The number of nitrogens with one attached hydrogen (secondary N) is 2. The number of amides is 1. The smallest absolute Gasteiger partial charge is 0.251 e. The third kappa shape index (κ3) is 7.18. The number of benzene rings is 3. The van der Waals surface area contributed by atoms with Crippen LogP contribution in [0.15, 0.2) is 91.1 Å². The van der Waals surface area contributed by atoms with E-state index < -0.39 is 6.10 Å². The second kappa shape index (κ2) is 11.9. The minimum atomic E-state index is -0.712. The summed E-state index contributed by atoms with van der Waals surface area (Å²) in [7, 11) is 0. The number of hydrogen-bond donors (Lipinski definition) is 5. The Bertz CT molecular complexity index is 1370. The zero-order valence-corrected chi connectivity index (χ0v) is 21.7.